The summed E-state index contributed by atoms with van der Waals surface area (Å²) >= 11 is 0. The largest absolute Gasteiger partial charge is 0.478 e. The van der Waals surface area contributed by atoms with Gasteiger partial charge in [-0.2, -0.15) is 0 Å². The van der Waals surface area contributed by atoms with E-state index in [0.29, 0.717) is 13.0 Å². The van der Waals surface area contributed by atoms with E-state index in [1.54, 1.807) is 37.3 Å². The highest BCUT2D eigenvalue weighted by atomic mass is 16.4. The Labute approximate surface area is 234 Å². The first-order valence-corrected chi connectivity index (χ1v) is 14.2. The average molecular weight is 547 g/mol. The van der Waals surface area contributed by atoms with Crippen LogP contribution < -0.4 is 10.6 Å². The van der Waals surface area contributed by atoms with Crippen LogP contribution in [-0.2, 0) is 14.4 Å². The number of hydrogen-bond donors (Lipinski definition) is 5. The van der Waals surface area contributed by atoms with Gasteiger partial charge < -0.3 is 26.0 Å². The van der Waals surface area contributed by atoms with Crippen molar-refractivity contribution in [3.63, 3.8) is 0 Å². The van der Waals surface area contributed by atoms with Crippen LogP contribution >= 0.6 is 0 Å². The number of allylic oxidation sites excluding steroid dienone is 6. The Morgan fingerprint density at radius 3 is 2.23 bits per heavy atom. The fraction of sp³-hybridized carbons (Fsp3) is 0.581. The molecule has 0 spiro atoms. The van der Waals surface area contributed by atoms with E-state index in [9.17, 15) is 24.6 Å². The molecule has 0 aliphatic rings. The van der Waals surface area contributed by atoms with E-state index >= 15 is 0 Å². The Hall–Kier alpha value is -2.97. The van der Waals surface area contributed by atoms with Crippen LogP contribution in [-0.4, -0.2) is 58.4 Å². The van der Waals surface area contributed by atoms with Gasteiger partial charge in [-0.15, -0.1) is 0 Å². The van der Waals surface area contributed by atoms with E-state index in [1.807, 2.05) is 19.1 Å². The molecule has 2 amide bonds. The summed E-state index contributed by atoms with van der Waals surface area (Å²) in [6.45, 7) is 6.05. The molecular formula is C31H50N2O6. The van der Waals surface area contributed by atoms with Gasteiger partial charge in [0, 0.05) is 25.6 Å². The number of aliphatic carboxylic acids is 1. The van der Waals surface area contributed by atoms with Gasteiger partial charge >= 0.3 is 5.97 Å². The molecule has 0 aromatic heterocycles. The highest BCUT2D eigenvalue weighted by Gasteiger charge is 2.21. The second-order valence-electron chi connectivity index (χ2n) is 9.74. The molecule has 0 radical (unpaired) electrons. The summed E-state index contributed by atoms with van der Waals surface area (Å²) in [6, 6.07) is 0. The standard InChI is InChI=1S/C31H50N2O6/c1-4-5-6-7-8-11-14-17-27(34)21-19-25(2)20-22-29(36)33-24-28(35)26(3)31(39)32-23-16-13-10-9-12-15-18-30(37)38/h9-10,12-13,15,18-21,26-28,34-35H,4-8,11,14,16-17,22-24H2,1-3H3,(H,32,39)(H,33,36)(H,37,38)/b12-9+,13-10+,18-15+,21-19+,25-20+/t26-,27+,28-/m0/s1. The zero-order valence-electron chi connectivity index (χ0n) is 24.0. The van der Waals surface area contributed by atoms with Gasteiger partial charge in [-0.25, -0.2) is 4.79 Å². The third-order valence-corrected chi connectivity index (χ3v) is 6.11. The van der Waals surface area contributed by atoms with Crippen molar-refractivity contribution in [3.8, 4) is 0 Å². The third kappa shape index (κ3) is 22.7. The van der Waals surface area contributed by atoms with Crippen molar-refractivity contribution in [3.05, 3.63) is 60.3 Å². The van der Waals surface area contributed by atoms with Crippen LogP contribution in [0.25, 0.3) is 0 Å². The molecule has 3 atom stereocenters. The summed E-state index contributed by atoms with van der Waals surface area (Å²) in [5, 5.41) is 34.2. The van der Waals surface area contributed by atoms with E-state index in [-0.39, 0.29) is 24.8 Å². The molecule has 8 heteroatoms. The minimum absolute atomic E-state index is 0.0259. The molecule has 0 saturated carbocycles. The van der Waals surface area contributed by atoms with Crippen molar-refractivity contribution in [1.29, 1.82) is 0 Å². The van der Waals surface area contributed by atoms with Gasteiger partial charge in [0.1, 0.15) is 0 Å². The predicted molar refractivity (Wildman–Crippen MR) is 157 cm³/mol. The molecule has 39 heavy (non-hydrogen) atoms. The van der Waals surface area contributed by atoms with Crippen LogP contribution in [0.4, 0.5) is 0 Å². The summed E-state index contributed by atoms with van der Waals surface area (Å²) < 4.78 is 0. The van der Waals surface area contributed by atoms with Gasteiger partial charge in [0.15, 0.2) is 0 Å². The minimum Gasteiger partial charge on any atom is -0.478 e. The first kappa shape index (κ1) is 36.0. The van der Waals surface area contributed by atoms with Crippen LogP contribution in [0.1, 0.15) is 85.0 Å². The van der Waals surface area contributed by atoms with Crippen LogP contribution in [0.2, 0.25) is 0 Å². The lowest BCUT2D eigenvalue weighted by Gasteiger charge is -2.18. The molecular weight excluding hydrogens is 496 g/mol. The van der Waals surface area contributed by atoms with Crippen molar-refractivity contribution >= 4 is 17.8 Å². The molecule has 0 aliphatic heterocycles. The number of carbonyl (C=O) groups is 3. The monoisotopic (exact) mass is 546 g/mol. The van der Waals surface area contributed by atoms with Crippen LogP contribution in [0.5, 0.6) is 0 Å². The maximum atomic E-state index is 12.2. The van der Waals surface area contributed by atoms with Crippen LogP contribution in [0, 0.1) is 5.92 Å². The number of carboxylic acids is 1. The Kier molecular flexibility index (Phi) is 22.3. The number of unbranched alkanes of at least 4 members (excludes halogenated alkanes) is 6. The fourth-order valence-electron chi connectivity index (χ4n) is 3.51. The second kappa shape index (κ2) is 24.1. The minimum atomic E-state index is -1.01. The molecule has 0 saturated heterocycles. The molecule has 0 unspecified atom stereocenters. The Bertz CT molecular complexity index is 844. The normalized spacial score (nSPS) is 14.8. The summed E-state index contributed by atoms with van der Waals surface area (Å²) in [5.41, 5.74) is 0.873. The highest BCUT2D eigenvalue weighted by Crippen LogP contribution is 2.11. The number of nitrogens with one attached hydrogen (secondary N) is 2. The second-order valence-corrected chi connectivity index (χ2v) is 9.74. The summed E-state index contributed by atoms with van der Waals surface area (Å²) in [7, 11) is 0. The predicted octanol–water partition coefficient (Wildman–Crippen LogP) is 4.75. The molecule has 220 valence electrons. The quantitative estimate of drug-likeness (QED) is 0.0755. The molecule has 0 aromatic carbocycles. The van der Waals surface area contributed by atoms with Gasteiger partial charge in [-0.3, -0.25) is 9.59 Å². The maximum absolute atomic E-state index is 12.2. The third-order valence-electron chi connectivity index (χ3n) is 6.11. The smallest absolute Gasteiger partial charge is 0.328 e. The molecule has 0 rings (SSSR count). The SMILES string of the molecule is CCCCCCCCC[C@@H](O)/C=C/C(C)=C/CC(=O)NC[C@H](O)[C@H](C)C(=O)NCC/C=C/C=C/C=C/C(=O)O. The molecule has 8 nitrogen and oxygen atoms in total. The zero-order valence-corrected chi connectivity index (χ0v) is 24.0. The number of aliphatic hydroxyl groups excluding tert-OH is 2. The number of amides is 2. The molecule has 0 aromatic rings. The van der Waals surface area contributed by atoms with E-state index in [1.165, 1.54) is 38.2 Å². The highest BCUT2D eigenvalue weighted by molar-refractivity contribution is 5.80. The maximum Gasteiger partial charge on any atom is 0.328 e. The molecule has 0 heterocycles. The Morgan fingerprint density at radius 1 is 0.872 bits per heavy atom. The van der Waals surface area contributed by atoms with Crippen molar-refractivity contribution in [2.45, 2.75) is 97.2 Å². The van der Waals surface area contributed by atoms with Gasteiger partial charge in [0.05, 0.1) is 18.1 Å². The van der Waals surface area contributed by atoms with E-state index in [2.05, 4.69) is 17.6 Å². The van der Waals surface area contributed by atoms with Crippen molar-refractivity contribution in [1.82, 2.24) is 10.6 Å². The summed E-state index contributed by atoms with van der Waals surface area (Å²) in [6.07, 6.45) is 23.1. The molecule has 0 bridgehead atoms. The number of aliphatic hydroxyl groups is 2. The molecule has 0 aliphatic carbocycles. The Morgan fingerprint density at radius 2 is 1.54 bits per heavy atom. The lowest BCUT2D eigenvalue weighted by Crippen LogP contribution is -2.42. The van der Waals surface area contributed by atoms with E-state index in [4.69, 9.17) is 5.11 Å². The van der Waals surface area contributed by atoms with Crippen molar-refractivity contribution in [2.24, 2.45) is 5.92 Å². The lowest BCUT2D eigenvalue weighted by molar-refractivity contribution is -0.131. The van der Waals surface area contributed by atoms with E-state index < -0.39 is 24.1 Å². The van der Waals surface area contributed by atoms with Crippen molar-refractivity contribution < 1.29 is 29.7 Å². The number of carboxylic acid groups (broad SMARTS) is 1. The van der Waals surface area contributed by atoms with Crippen molar-refractivity contribution in [2.75, 3.05) is 13.1 Å². The first-order valence-electron chi connectivity index (χ1n) is 14.2. The summed E-state index contributed by atoms with van der Waals surface area (Å²) in [4.78, 5) is 34.7. The van der Waals surface area contributed by atoms with Gasteiger partial charge in [-0.05, 0) is 19.8 Å². The van der Waals surface area contributed by atoms with Crippen LogP contribution in [0.3, 0.4) is 0 Å². The zero-order chi connectivity index (χ0) is 29.3. The van der Waals surface area contributed by atoms with E-state index in [0.717, 1.165) is 30.9 Å². The van der Waals surface area contributed by atoms with Crippen LogP contribution in [0.15, 0.2) is 60.3 Å². The first-order chi connectivity index (χ1) is 18.7. The topological polar surface area (TPSA) is 136 Å². The average Bonchev–Trinajstić information content (AvgIpc) is 2.91. The molecule has 5 N–H and O–H groups in total. The molecule has 0 fully saturated rings. The Balaban J connectivity index is 4.14. The number of hydrogen-bond acceptors (Lipinski definition) is 5. The van der Waals surface area contributed by atoms with Gasteiger partial charge in [0.2, 0.25) is 11.8 Å². The summed E-state index contributed by atoms with van der Waals surface area (Å²) in [5.74, 6) is -2.26. The van der Waals surface area contributed by atoms with Gasteiger partial charge in [0.25, 0.3) is 0 Å². The lowest BCUT2D eigenvalue weighted by atomic mass is 10.0. The number of carbonyl (C=O) groups excluding carboxylic acids is 2. The van der Waals surface area contributed by atoms with Gasteiger partial charge in [-0.1, -0.05) is 113 Å². The number of rotatable bonds is 22. The fourth-order valence-corrected chi connectivity index (χ4v) is 3.51.